The summed E-state index contributed by atoms with van der Waals surface area (Å²) in [4.78, 5) is 41.4. The van der Waals surface area contributed by atoms with E-state index in [2.05, 4.69) is 27.8 Å². The van der Waals surface area contributed by atoms with Crippen molar-refractivity contribution in [3.63, 3.8) is 0 Å². The molecule has 0 aliphatic carbocycles. The Morgan fingerprint density at radius 3 is 2.69 bits per heavy atom. The Labute approximate surface area is 216 Å². The Hall–Kier alpha value is -3.10. The predicted octanol–water partition coefficient (Wildman–Crippen LogP) is 3.77. The van der Waals surface area contributed by atoms with Crippen LogP contribution in [-0.2, 0) is 29.1 Å². The molecule has 35 heavy (non-hydrogen) atoms. The molecule has 0 radical (unpaired) electrons. The molecule has 7 nitrogen and oxygen atoms in total. The normalized spacial score (nSPS) is 15.5. The average molecular weight is 556 g/mol. The van der Waals surface area contributed by atoms with Crippen molar-refractivity contribution in [2.24, 2.45) is 0 Å². The number of hydrogen-bond donors (Lipinski definition) is 1. The molecule has 9 heteroatoms. The zero-order chi connectivity index (χ0) is 24.7. The number of halogens is 2. The molecular formula is C26H24BrClN4O3. The lowest BCUT2D eigenvalue weighted by molar-refractivity contribution is -0.133. The molecule has 3 amide bonds. The van der Waals surface area contributed by atoms with Crippen LogP contribution in [0.2, 0.25) is 5.02 Å². The third-order valence-corrected chi connectivity index (χ3v) is 7.32. The van der Waals surface area contributed by atoms with Gasteiger partial charge < -0.3 is 19.7 Å². The third kappa shape index (κ3) is 4.73. The van der Waals surface area contributed by atoms with Crippen molar-refractivity contribution in [2.45, 2.75) is 25.6 Å². The van der Waals surface area contributed by atoms with Crippen molar-refractivity contribution in [3.05, 3.63) is 81.4 Å². The molecule has 3 heterocycles. The number of benzene rings is 2. The molecule has 1 fully saturated rings. The molecule has 2 aliphatic heterocycles. The summed E-state index contributed by atoms with van der Waals surface area (Å²) in [6.07, 6.45) is 3.79. The van der Waals surface area contributed by atoms with Crippen LogP contribution in [0.15, 0.2) is 59.7 Å². The minimum atomic E-state index is -0.164. The summed E-state index contributed by atoms with van der Waals surface area (Å²) in [6.45, 7) is 5.64. The molecule has 180 valence electrons. The van der Waals surface area contributed by atoms with E-state index in [1.54, 1.807) is 11.1 Å². The van der Waals surface area contributed by atoms with Crippen molar-refractivity contribution >= 4 is 56.2 Å². The summed E-state index contributed by atoms with van der Waals surface area (Å²) in [7, 11) is 0. The first kappa shape index (κ1) is 23.6. The number of carbonyl (C=O) groups is 3. The number of likely N-dealkylation sites (tertiary alicyclic amines) is 1. The second kappa shape index (κ2) is 9.51. The van der Waals surface area contributed by atoms with Gasteiger partial charge in [-0.1, -0.05) is 40.2 Å². The van der Waals surface area contributed by atoms with Crippen LogP contribution < -0.4 is 5.32 Å². The third-order valence-electron chi connectivity index (χ3n) is 6.59. The minimum Gasteiger partial charge on any atom is -0.348 e. The molecular weight excluding hydrogens is 532 g/mol. The maximum Gasteiger partial charge on any atom is 0.256 e. The molecule has 1 aromatic heterocycles. The maximum absolute atomic E-state index is 13.6. The number of aromatic nitrogens is 1. The monoisotopic (exact) mass is 554 g/mol. The maximum atomic E-state index is 13.6. The highest BCUT2D eigenvalue weighted by molar-refractivity contribution is 9.10. The van der Waals surface area contributed by atoms with Gasteiger partial charge in [-0.15, -0.1) is 0 Å². The van der Waals surface area contributed by atoms with E-state index in [1.807, 2.05) is 45.9 Å². The van der Waals surface area contributed by atoms with Crippen molar-refractivity contribution in [3.8, 4) is 0 Å². The first-order valence-electron chi connectivity index (χ1n) is 11.4. The Morgan fingerprint density at radius 2 is 1.91 bits per heavy atom. The van der Waals surface area contributed by atoms with E-state index in [0.29, 0.717) is 36.8 Å². The van der Waals surface area contributed by atoms with Crippen molar-refractivity contribution < 1.29 is 14.4 Å². The minimum absolute atomic E-state index is 0.0644. The van der Waals surface area contributed by atoms with Crippen molar-refractivity contribution in [1.29, 1.82) is 0 Å². The van der Waals surface area contributed by atoms with Gasteiger partial charge in [-0.2, -0.15) is 0 Å². The van der Waals surface area contributed by atoms with Crippen LogP contribution in [0.4, 0.5) is 0 Å². The fraction of sp³-hybridized carbons (Fsp3) is 0.269. The lowest BCUT2D eigenvalue weighted by atomic mass is 9.99. The second-order valence-electron chi connectivity index (χ2n) is 8.93. The fourth-order valence-electron chi connectivity index (χ4n) is 4.74. The number of amides is 3. The molecule has 2 aromatic carbocycles. The number of nitrogens with zero attached hydrogens (tertiary/aromatic N) is 3. The van der Waals surface area contributed by atoms with Gasteiger partial charge in [0.1, 0.15) is 6.54 Å². The fourth-order valence-corrected chi connectivity index (χ4v) is 5.30. The Kier molecular flexibility index (Phi) is 6.42. The SMILES string of the molecule is C=CC(=O)N1CC(NC(=O)Cn2cc(C(=O)N3CCc4cc(Cl)ccc4C3)c3cc(Br)ccc32)C1. The molecule has 0 unspecified atom stereocenters. The second-order valence-corrected chi connectivity index (χ2v) is 10.3. The summed E-state index contributed by atoms with van der Waals surface area (Å²) < 4.78 is 2.68. The highest BCUT2D eigenvalue weighted by Crippen LogP contribution is 2.29. The van der Waals surface area contributed by atoms with Crippen LogP contribution >= 0.6 is 27.5 Å². The lowest BCUT2D eigenvalue weighted by Gasteiger charge is -2.38. The molecule has 3 aromatic rings. The van der Waals surface area contributed by atoms with Gasteiger partial charge in [0.05, 0.1) is 11.6 Å². The highest BCUT2D eigenvalue weighted by atomic mass is 79.9. The van der Waals surface area contributed by atoms with Crippen molar-refractivity contribution in [1.82, 2.24) is 19.7 Å². The topological polar surface area (TPSA) is 74.6 Å². The first-order chi connectivity index (χ1) is 16.8. The molecule has 1 N–H and O–H groups in total. The molecule has 0 saturated carbocycles. The summed E-state index contributed by atoms with van der Waals surface area (Å²) in [5.41, 5.74) is 3.65. The van der Waals surface area contributed by atoms with Gasteiger partial charge in [-0.3, -0.25) is 14.4 Å². The van der Waals surface area contributed by atoms with Gasteiger partial charge in [0.2, 0.25) is 11.8 Å². The van der Waals surface area contributed by atoms with Gasteiger partial charge >= 0.3 is 0 Å². The van der Waals surface area contributed by atoms with Crippen LogP contribution in [0.5, 0.6) is 0 Å². The number of carbonyl (C=O) groups excluding carboxylic acids is 3. The number of fused-ring (bicyclic) bond motifs is 2. The standard InChI is InChI=1S/C26H24BrClN4O3/c1-2-25(34)32-12-20(13-32)29-24(33)15-31-14-22(21-10-18(27)4-6-23(21)31)26(35)30-8-7-16-9-19(28)5-3-17(16)11-30/h2-6,9-10,14,20H,1,7-8,11-13,15H2,(H,29,33). The Bertz CT molecular complexity index is 1360. The Balaban J connectivity index is 1.34. The van der Waals surface area contributed by atoms with Crippen molar-refractivity contribution in [2.75, 3.05) is 19.6 Å². The van der Waals surface area contributed by atoms with Crippen LogP contribution in [-0.4, -0.2) is 57.8 Å². The highest BCUT2D eigenvalue weighted by Gasteiger charge is 2.31. The number of rotatable bonds is 5. The van der Waals surface area contributed by atoms with Gasteiger partial charge in [0.25, 0.3) is 5.91 Å². The van der Waals surface area contributed by atoms with Gasteiger partial charge in [0.15, 0.2) is 0 Å². The van der Waals surface area contributed by atoms with Gasteiger partial charge in [-0.05, 0) is 54.0 Å². The van der Waals surface area contributed by atoms with Crippen LogP contribution in [0.1, 0.15) is 21.5 Å². The molecule has 0 atom stereocenters. The lowest BCUT2D eigenvalue weighted by Crippen LogP contribution is -2.61. The van der Waals surface area contributed by atoms with E-state index >= 15 is 0 Å². The van der Waals surface area contributed by atoms with E-state index < -0.39 is 0 Å². The molecule has 0 spiro atoms. The molecule has 1 saturated heterocycles. The molecule has 5 rings (SSSR count). The Morgan fingerprint density at radius 1 is 1.11 bits per heavy atom. The van der Waals surface area contributed by atoms with Crippen LogP contribution in [0, 0.1) is 0 Å². The molecule has 0 bridgehead atoms. The smallest absolute Gasteiger partial charge is 0.256 e. The zero-order valence-electron chi connectivity index (χ0n) is 19.0. The quantitative estimate of drug-likeness (QED) is 0.487. The van der Waals surface area contributed by atoms with Crippen LogP contribution in [0.3, 0.4) is 0 Å². The zero-order valence-corrected chi connectivity index (χ0v) is 21.3. The first-order valence-corrected chi connectivity index (χ1v) is 12.5. The summed E-state index contributed by atoms with van der Waals surface area (Å²) in [5.74, 6) is -0.363. The summed E-state index contributed by atoms with van der Waals surface area (Å²) in [5, 5.41) is 4.47. The predicted molar refractivity (Wildman–Crippen MR) is 138 cm³/mol. The number of hydrogen-bond acceptors (Lipinski definition) is 3. The van der Waals surface area contributed by atoms with Crippen LogP contribution in [0.25, 0.3) is 10.9 Å². The van der Waals surface area contributed by atoms with Gasteiger partial charge in [0, 0.05) is 52.8 Å². The van der Waals surface area contributed by atoms with E-state index in [-0.39, 0.29) is 30.3 Å². The largest absolute Gasteiger partial charge is 0.348 e. The summed E-state index contributed by atoms with van der Waals surface area (Å²) in [6, 6.07) is 11.4. The number of nitrogens with one attached hydrogen (secondary N) is 1. The summed E-state index contributed by atoms with van der Waals surface area (Å²) >= 11 is 9.63. The average Bonchev–Trinajstić information content (AvgIpc) is 3.16. The molecule has 2 aliphatic rings. The van der Waals surface area contributed by atoms with E-state index in [4.69, 9.17) is 11.6 Å². The van der Waals surface area contributed by atoms with E-state index in [9.17, 15) is 14.4 Å². The van der Waals surface area contributed by atoms with Gasteiger partial charge in [-0.25, -0.2) is 0 Å². The van der Waals surface area contributed by atoms with E-state index in [0.717, 1.165) is 27.4 Å². The van der Waals surface area contributed by atoms with E-state index in [1.165, 1.54) is 11.6 Å².